The molecule has 4 aromatic rings. The van der Waals surface area contributed by atoms with Crippen LogP contribution in [-0.2, 0) is 0 Å². The van der Waals surface area contributed by atoms with Crippen molar-refractivity contribution in [2.45, 2.75) is 37.5 Å². The molecule has 2 aromatic carbocycles. The fraction of sp³-hybridized carbons (Fsp3) is 0.240. The number of aromatic amines is 1. The van der Waals surface area contributed by atoms with Crippen molar-refractivity contribution in [3.05, 3.63) is 71.5 Å². The van der Waals surface area contributed by atoms with E-state index in [1.165, 1.54) is 0 Å². The molecule has 3 unspecified atom stereocenters. The number of para-hydroxylation sites is 1. The molecule has 1 aliphatic carbocycles. The maximum absolute atomic E-state index is 12.6. The standard InChI is InChI=1S/C25H25ClN6O2/c26-21-13-29-25(32-23(21)20-12-28-22-4-2-1-3-19(20)22)31-17-9-16(10-18(33)11-17)30-24(34)14-5-7-15(27)8-6-14/h1-8,12-13,16-18,28,33H,9-11,27H2,(H,30,34)(H,29,31,32). The fourth-order valence-corrected chi connectivity index (χ4v) is 4.70. The van der Waals surface area contributed by atoms with Gasteiger partial charge in [0.25, 0.3) is 5.91 Å². The summed E-state index contributed by atoms with van der Waals surface area (Å²) in [7, 11) is 0. The first kappa shape index (κ1) is 22.2. The maximum atomic E-state index is 12.6. The van der Waals surface area contributed by atoms with Crippen LogP contribution in [0.2, 0.25) is 5.02 Å². The Bertz CT molecular complexity index is 1320. The molecule has 0 aliphatic heterocycles. The average molecular weight is 477 g/mol. The van der Waals surface area contributed by atoms with Crippen LogP contribution in [0.3, 0.4) is 0 Å². The number of fused-ring (bicyclic) bond motifs is 1. The molecule has 9 heteroatoms. The minimum Gasteiger partial charge on any atom is -0.399 e. The minimum absolute atomic E-state index is 0.113. The Balaban J connectivity index is 1.31. The summed E-state index contributed by atoms with van der Waals surface area (Å²) in [6.07, 6.45) is 4.56. The van der Waals surface area contributed by atoms with Crippen molar-refractivity contribution in [2.75, 3.05) is 11.1 Å². The second kappa shape index (κ2) is 9.32. The van der Waals surface area contributed by atoms with Crippen LogP contribution in [0.5, 0.6) is 0 Å². The lowest BCUT2D eigenvalue weighted by Gasteiger charge is -2.33. The van der Waals surface area contributed by atoms with Crippen molar-refractivity contribution in [3.8, 4) is 11.3 Å². The molecule has 0 saturated heterocycles. The molecule has 0 bridgehead atoms. The number of aromatic nitrogens is 3. The Morgan fingerprint density at radius 2 is 1.85 bits per heavy atom. The zero-order chi connectivity index (χ0) is 23.7. The number of carbonyl (C=O) groups excluding carboxylic acids is 1. The quantitative estimate of drug-likeness (QED) is 0.277. The predicted molar refractivity (Wildman–Crippen MR) is 134 cm³/mol. The molecule has 2 aromatic heterocycles. The van der Waals surface area contributed by atoms with E-state index in [1.54, 1.807) is 30.5 Å². The molecule has 5 rings (SSSR count). The SMILES string of the molecule is Nc1ccc(C(=O)NC2CC(O)CC(Nc3ncc(Cl)c(-c4c[nH]c5ccccc45)n3)C2)cc1. The topological polar surface area (TPSA) is 129 Å². The lowest BCUT2D eigenvalue weighted by Crippen LogP contribution is -2.46. The van der Waals surface area contributed by atoms with Crippen LogP contribution in [-0.4, -0.2) is 44.2 Å². The van der Waals surface area contributed by atoms with Crippen molar-refractivity contribution in [2.24, 2.45) is 0 Å². The number of amides is 1. The van der Waals surface area contributed by atoms with E-state index in [9.17, 15) is 9.90 Å². The highest BCUT2D eigenvalue weighted by Gasteiger charge is 2.29. The number of benzene rings is 2. The van der Waals surface area contributed by atoms with Crippen LogP contribution in [0, 0.1) is 0 Å². The monoisotopic (exact) mass is 476 g/mol. The van der Waals surface area contributed by atoms with Crippen molar-refractivity contribution < 1.29 is 9.90 Å². The summed E-state index contributed by atoms with van der Waals surface area (Å²) in [5.74, 6) is 0.231. The lowest BCUT2D eigenvalue weighted by atomic mass is 9.88. The molecule has 3 atom stereocenters. The van der Waals surface area contributed by atoms with Crippen LogP contribution in [0.25, 0.3) is 22.2 Å². The smallest absolute Gasteiger partial charge is 0.251 e. The summed E-state index contributed by atoms with van der Waals surface area (Å²) < 4.78 is 0. The summed E-state index contributed by atoms with van der Waals surface area (Å²) in [5.41, 5.74) is 9.35. The van der Waals surface area contributed by atoms with Gasteiger partial charge in [-0.05, 0) is 49.6 Å². The Kier molecular flexibility index (Phi) is 6.08. The molecule has 6 N–H and O–H groups in total. The van der Waals surface area contributed by atoms with Gasteiger partial charge in [0.15, 0.2) is 0 Å². The van der Waals surface area contributed by atoms with Gasteiger partial charge < -0.3 is 26.5 Å². The number of nitrogens with zero attached hydrogens (tertiary/aromatic N) is 2. The predicted octanol–water partition coefficient (Wildman–Crippen LogP) is 3.98. The van der Waals surface area contributed by atoms with E-state index in [4.69, 9.17) is 17.3 Å². The van der Waals surface area contributed by atoms with Gasteiger partial charge >= 0.3 is 0 Å². The first-order chi connectivity index (χ1) is 16.5. The number of rotatable bonds is 5. The number of hydrogen-bond donors (Lipinski definition) is 5. The number of H-pyrrole nitrogens is 1. The molecular formula is C25H25ClN6O2. The Morgan fingerprint density at radius 1 is 1.09 bits per heavy atom. The largest absolute Gasteiger partial charge is 0.399 e. The van der Waals surface area contributed by atoms with Gasteiger partial charge in [-0.3, -0.25) is 4.79 Å². The van der Waals surface area contributed by atoms with E-state index in [2.05, 4.69) is 25.6 Å². The molecule has 8 nitrogen and oxygen atoms in total. The number of nitrogens with two attached hydrogens (primary N) is 1. The van der Waals surface area contributed by atoms with E-state index in [0.717, 1.165) is 16.5 Å². The van der Waals surface area contributed by atoms with Crippen molar-refractivity contribution in [1.82, 2.24) is 20.3 Å². The summed E-state index contributed by atoms with van der Waals surface area (Å²) in [6.45, 7) is 0. The van der Waals surface area contributed by atoms with Crippen LogP contribution < -0.4 is 16.4 Å². The average Bonchev–Trinajstić information content (AvgIpc) is 3.24. The van der Waals surface area contributed by atoms with Crippen LogP contribution in [0.1, 0.15) is 29.6 Å². The number of carbonyl (C=O) groups is 1. The Morgan fingerprint density at radius 3 is 2.68 bits per heavy atom. The Labute approximate surface area is 201 Å². The second-order valence-corrected chi connectivity index (χ2v) is 9.04. The van der Waals surface area contributed by atoms with Gasteiger partial charge in [-0.15, -0.1) is 0 Å². The van der Waals surface area contributed by atoms with Gasteiger partial charge in [0.2, 0.25) is 5.95 Å². The van der Waals surface area contributed by atoms with Gasteiger partial charge in [-0.2, -0.15) is 0 Å². The van der Waals surface area contributed by atoms with E-state index >= 15 is 0 Å². The lowest BCUT2D eigenvalue weighted by molar-refractivity contribution is 0.0832. The molecule has 2 heterocycles. The van der Waals surface area contributed by atoms with Gasteiger partial charge in [-0.1, -0.05) is 29.8 Å². The molecule has 0 spiro atoms. The number of aliphatic hydroxyl groups is 1. The number of nitrogen functional groups attached to an aromatic ring is 1. The van der Waals surface area contributed by atoms with E-state index in [0.29, 0.717) is 47.2 Å². The summed E-state index contributed by atoms with van der Waals surface area (Å²) >= 11 is 6.44. The van der Waals surface area contributed by atoms with E-state index in [-0.39, 0.29) is 18.0 Å². The highest BCUT2D eigenvalue weighted by molar-refractivity contribution is 6.33. The normalized spacial score (nSPS) is 20.2. The molecule has 1 fully saturated rings. The third-order valence-electron chi connectivity index (χ3n) is 6.11. The highest BCUT2D eigenvalue weighted by Crippen LogP contribution is 2.32. The van der Waals surface area contributed by atoms with E-state index in [1.807, 2.05) is 30.5 Å². The maximum Gasteiger partial charge on any atom is 0.251 e. The van der Waals surface area contributed by atoms with Gasteiger partial charge in [0.1, 0.15) is 0 Å². The number of anilines is 2. The van der Waals surface area contributed by atoms with Gasteiger partial charge in [0, 0.05) is 46.0 Å². The number of hydrogen-bond acceptors (Lipinski definition) is 6. The van der Waals surface area contributed by atoms with Crippen molar-refractivity contribution >= 4 is 40.0 Å². The highest BCUT2D eigenvalue weighted by atomic mass is 35.5. The second-order valence-electron chi connectivity index (χ2n) is 8.63. The van der Waals surface area contributed by atoms with Crippen molar-refractivity contribution in [1.29, 1.82) is 0 Å². The van der Waals surface area contributed by atoms with Gasteiger partial charge in [0.05, 0.1) is 23.0 Å². The molecule has 1 saturated carbocycles. The fourth-order valence-electron chi connectivity index (χ4n) is 4.50. The molecule has 0 radical (unpaired) electrons. The first-order valence-corrected chi connectivity index (χ1v) is 11.5. The summed E-state index contributed by atoms with van der Waals surface area (Å²) in [5, 5.41) is 18.3. The minimum atomic E-state index is -0.552. The number of halogens is 1. The zero-order valence-electron chi connectivity index (χ0n) is 18.3. The van der Waals surface area contributed by atoms with E-state index < -0.39 is 6.10 Å². The third kappa shape index (κ3) is 4.69. The summed E-state index contributed by atoms with van der Waals surface area (Å²) in [6, 6.07) is 14.4. The summed E-state index contributed by atoms with van der Waals surface area (Å²) in [4.78, 5) is 24.9. The third-order valence-corrected chi connectivity index (χ3v) is 6.39. The molecular weight excluding hydrogens is 452 g/mol. The zero-order valence-corrected chi connectivity index (χ0v) is 19.1. The number of aliphatic hydroxyl groups excluding tert-OH is 1. The van der Waals surface area contributed by atoms with Crippen LogP contribution in [0.4, 0.5) is 11.6 Å². The molecule has 34 heavy (non-hydrogen) atoms. The number of nitrogens with one attached hydrogen (secondary N) is 3. The van der Waals surface area contributed by atoms with Crippen molar-refractivity contribution in [3.63, 3.8) is 0 Å². The molecule has 1 amide bonds. The van der Waals surface area contributed by atoms with Crippen LogP contribution >= 0.6 is 11.6 Å². The van der Waals surface area contributed by atoms with Crippen LogP contribution in [0.15, 0.2) is 60.9 Å². The van der Waals surface area contributed by atoms with Gasteiger partial charge in [-0.25, -0.2) is 9.97 Å². The Hall–Kier alpha value is -3.62. The molecule has 174 valence electrons. The molecule has 1 aliphatic rings. The first-order valence-electron chi connectivity index (χ1n) is 11.2.